The summed E-state index contributed by atoms with van der Waals surface area (Å²) in [5.74, 6) is -2.99. The van der Waals surface area contributed by atoms with Crippen molar-refractivity contribution in [2.75, 3.05) is 44.7 Å². The van der Waals surface area contributed by atoms with Crippen LogP contribution in [0.25, 0.3) is 0 Å². The molecule has 2 fully saturated rings. The molecule has 1 N–H and O–H groups in total. The minimum absolute atomic E-state index is 0.0571. The summed E-state index contributed by atoms with van der Waals surface area (Å²) in [5.41, 5.74) is 0.251. The molecule has 0 aliphatic carbocycles. The molecule has 2 aliphatic heterocycles. The zero-order valence-electron chi connectivity index (χ0n) is 16.9. The van der Waals surface area contributed by atoms with E-state index in [9.17, 15) is 18.4 Å². The number of hydrogen-bond acceptors (Lipinski definition) is 6. The maximum atomic E-state index is 13.9. The molecule has 0 radical (unpaired) electrons. The number of hydrogen-bond donors (Lipinski definition) is 1. The first-order valence-corrected chi connectivity index (χ1v) is 10.7. The zero-order valence-corrected chi connectivity index (χ0v) is 17.7. The van der Waals surface area contributed by atoms with E-state index in [2.05, 4.69) is 10.3 Å². The number of rotatable bonds is 2. The van der Waals surface area contributed by atoms with E-state index in [0.29, 0.717) is 31.3 Å². The zero-order chi connectivity index (χ0) is 22.0. The van der Waals surface area contributed by atoms with Gasteiger partial charge in [0.15, 0.2) is 0 Å². The summed E-state index contributed by atoms with van der Waals surface area (Å²) in [6, 6.07) is 2.37. The Hall–Kier alpha value is -2.63. The normalized spacial score (nSPS) is 21.8. The van der Waals surface area contributed by atoms with Crippen LogP contribution in [-0.4, -0.2) is 71.9 Å². The molecule has 3 heterocycles. The van der Waals surface area contributed by atoms with Crippen molar-refractivity contribution in [3.8, 4) is 0 Å². The number of anilines is 1. The van der Waals surface area contributed by atoms with Crippen LogP contribution in [0.3, 0.4) is 0 Å². The number of aromatic nitrogens is 1. The van der Waals surface area contributed by atoms with Gasteiger partial charge in [0.2, 0.25) is 5.79 Å². The topological polar surface area (TPSA) is 84.0 Å². The Morgan fingerprint density at radius 3 is 2.68 bits per heavy atom. The number of aryl methyl sites for hydroxylation is 1. The molecule has 31 heavy (non-hydrogen) atoms. The molecule has 4 rings (SSSR count). The number of urea groups is 1. The van der Waals surface area contributed by atoms with Crippen LogP contribution in [-0.2, 0) is 9.47 Å². The summed E-state index contributed by atoms with van der Waals surface area (Å²) < 4.78 is 38.9. The summed E-state index contributed by atoms with van der Waals surface area (Å²) in [4.78, 5) is 32.9. The van der Waals surface area contributed by atoms with Crippen molar-refractivity contribution in [1.29, 1.82) is 0 Å². The van der Waals surface area contributed by atoms with Gasteiger partial charge < -0.3 is 24.6 Å². The molecule has 8 nitrogen and oxygen atoms in total. The second-order valence-corrected chi connectivity index (χ2v) is 8.48. The number of halogens is 2. The Labute approximate surface area is 181 Å². The molecule has 0 bridgehead atoms. The summed E-state index contributed by atoms with van der Waals surface area (Å²) in [5, 5.41) is 4.97. The lowest BCUT2D eigenvalue weighted by Crippen LogP contribution is -2.60. The fourth-order valence-electron chi connectivity index (χ4n) is 3.62. The maximum absolute atomic E-state index is 13.9. The van der Waals surface area contributed by atoms with Crippen molar-refractivity contribution in [3.63, 3.8) is 0 Å². The van der Waals surface area contributed by atoms with Crippen LogP contribution < -0.4 is 5.32 Å². The molecule has 166 valence electrons. The third-order valence-corrected chi connectivity index (χ3v) is 5.89. The molecule has 1 aromatic carbocycles. The standard InChI is InChI=1S/C20H22F2N4O4S/c1-13-23-17(10-31-13)18(27)25-5-2-7-29-20(11-25)12-26(6-8-30-20)19(28)24-16-4-3-14(21)9-15(16)22/h3-4,9-10H,2,5-8,11-12H2,1H3,(H,24,28). The Balaban J connectivity index is 1.47. The van der Waals surface area contributed by atoms with E-state index in [1.54, 1.807) is 10.3 Å². The average molecular weight is 452 g/mol. The van der Waals surface area contributed by atoms with Crippen LogP contribution in [0.15, 0.2) is 23.6 Å². The third kappa shape index (κ3) is 4.83. The van der Waals surface area contributed by atoms with E-state index in [1.165, 1.54) is 16.2 Å². The predicted molar refractivity (Wildman–Crippen MR) is 109 cm³/mol. The summed E-state index contributed by atoms with van der Waals surface area (Å²) >= 11 is 1.40. The van der Waals surface area contributed by atoms with E-state index >= 15 is 0 Å². The van der Waals surface area contributed by atoms with Crippen molar-refractivity contribution in [2.24, 2.45) is 0 Å². The largest absolute Gasteiger partial charge is 0.347 e. The molecule has 2 saturated heterocycles. The highest BCUT2D eigenvalue weighted by atomic mass is 32.1. The number of nitrogens with one attached hydrogen (secondary N) is 1. The van der Waals surface area contributed by atoms with Gasteiger partial charge in [-0.25, -0.2) is 18.6 Å². The second kappa shape index (κ2) is 8.85. The minimum atomic E-state index is -1.19. The van der Waals surface area contributed by atoms with E-state index in [4.69, 9.17) is 9.47 Å². The van der Waals surface area contributed by atoms with Crippen molar-refractivity contribution in [1.82, 2.24) is 14.8 Å². The molecule has 1 aromatic heterocycles. The van der Waals surface area contributed by atoms with Gasteiger partial charge in [0.25, 0.3) is 5.91 Å². The highest BCUT2D eigenvalue weighted by Crippen LogP contribution is 2.26. The molecule has 1 atom stereocenters. The second-order valence-electron chi connectivity index (χ2n) is 7.42. The fraction of sp³-hybridized carbons (Fsp3) is 0.450. The predicted octanol–water partition coefficient (Wildman–Crippen LogP) is 2.85. The van der Waals surface area contributed by atoms with Gasteiger partial charge in [-0.15, -0.1) is 11.3 Å². The monoisotopic (exact) mass is 452 g/mol. The van der Waals surface area contributed by atoms with Crippen LogP contribution in [0.5, 0.6) is 0 Å². The van der Waals surface area contributed by atoms with Crippen molar-refractivity contribution in [3.05, 3.63) is 45.9 Å². The van der Waals surface area contributed by atoms with E-state index in [0.717, 1.165) is 17.1 Å². The van der Waals surface area contributed by atoms with Gasteiger partial charge in [-0.2, -0.15) is 0 Å². The SMILES string of the molecule is Cc1nc(C(=O)N2CCCOC3(CN(C(=O)Nc4ccc(F)cc4F)CCO3)C2)cs1. The lowest BCUT2D eigenvalue weighted by Gasteiger charge is -2.42. The minimum Gasteiger partial charge on any atom is -0.347 e. The first-order chi connectivity index (χ1) is 14.8. The van der Waals surface area contributed by atoms with Gasteiger partial charge in [-0.3, -0.25) is 4.79 Å². The molecule has 1 spiro atoms. The number of ether oxygens (including phenoxy) is 2. The third-order valence-electron chi connectivity index (χ3n) is 5.11. The lowest BCUT2D eigenvalue weighted by atomic mass is 10.2. The highest BCUT2D eigenvalue weighted by Gasteiger charge is 2.43. The van der Waals surface area contributed by atoms with Gasteiger partial charge in [0, 0.05) is 24.5 Å². The Morgan fingerprint density at radius 2 is 1.94 bits per heavy atom. The Bertz CT molecular complexity index is 988. The van der Waals surface area contributed by atoms with Gasteiger partial charge in [0.05, 0.1) is 37.0 Å². The maximum Gasteiger partial charge on any atom is 0.322 e. The molecular formula is C20H22F2N4O4S. The summed E-state index contributed by atoms with van der Waals surface area (Å²) in [7, 11) is 0. The highest BCUT2D eigenvalue weighted by molar-refractivity contribution is 7.09. The first-order valence-electron chi connectivity index (χ1n) is 9.85. The fourth-order valence-corrected chi connectivity index (χ4v) is 4.21. The number of benzene rings is 1. The van der Waals surface area contributed by atoms with Gasteiger partial charge >= 0.3 is 6.03 Å². The van der Waals surface area contributed by atoms with Crippen LogP contribution in [0.1, 0.15) is 21.9 Å². The smallest absolute Gasteiger partial charge is 0.322 e. The van der Waals surface area contributed by atoms with Crippen LogP contribution in [0, 0.1) is 18.6 Å². The summed E-state index contributed by atoms with van der Waals surface area (Å²) in [6.07, 6.45) is 0.618. The molecule has 2 aromatic rings. The Morgan fingerprint density at radius 1 is 1.16 bits per heavy atom. The van der Waals surface area contributed by atoms with Crippen LogP contribution in [0.2, 0.25) is 0 Å². The molecular weight excluding hydrogens is 430 g/mol. The molecule has 1 unspecified atom stereocenters. The molecule has 0 saturated carbocycles. The van der Waals surface area contributed by atoms with Crippen LogP contribution >= 0.6 is 11.3 Å². The van der Waals surface area contributed by atoms with Crippen molar-refractivity contribution < 1.29 is 27.8 Å². The molecule has 11 heteroatoms. The van der Waals surface area contributed by atoms with Crippen molar-refractivity contribution in [2.45, 2.75) is 19.1 Å². The summed E-state index contributed by atoms with van der Waals surface area (Å²) in [6.45, 7) is 3.32. The van der Waals surface area contributed by atoms with Crippen molar-refractivity contribution >= 4 is 29.0 Å². The van der Waals surface area contributed by atoms with Gasteiger partial charge in [0.1, 0.15) is 17.3 Å². The van der Waals surface area contributed by atoms with E-state index in [1.807, 2.05) is 6.92 Å². The quantitative estimate of drug-likeness (QED) is 0.758. The van der Waals surface area contributed by atoms with E-state index < -0.39 is 23.5 Å². The van der Waals surface area contributed by atoms with E-state index in [-0.39, 0.29) is 37.8 Å². The number of carbonyl (C=O) groups is 2. The van der Waals surface area contributed by atoms with Gasteiger partial charge in [-0.05, 0) is 25.5 Å². The number of nitrogens with zero attached hydrogens (tertiary/aromatic N) is 3. The molecule has 3 amide bonds. The number of carbonyl (C=O) groups excluding carboxylic acids is 2. The van der Waals surface area contributed by atoms with Crippen LogP contribution in [0.4, 0.5) is 19.3 Å². The number of thiazole rings is 1. The lowest BCUT2D eigenvalue weighted by molar-refractivity contribution is -0.258. The average Bonchev–Trinajstić information content (AvgIpc) is 3.08. The number of amides is 3. The van der Waals surface area contributed by atoms with Gasteiger partial charge in [-0.1, -0.05) is 0 Å². The first kappa shape index (κ1) is 21.6. The molecule has 2 aliphatic rings. The number of morpholine rings is 1. The Kier molecular flexibility index (Phi) is 6.17.